The van der Waals surface area contributed by atoms with Gasteiger partial charge in [-0.25, -0.2) is 0 Å². The van der Waals surface area contributed by atoms with Crippen LogP contribution in [0.2, 0.25) is 18.1 Å². The number of hydrogen-bond donors (Lipinski definition) is 1. The molecular weight excluding hydrogens is 344 g/mol. The molecule has 26 heavy (non-hydrogen) atoms. The molecule has 5 heteroatoms. The lowest BCUT2D eigenvalue weighted by molar-refractivity contribution is -0.153. The molecule has 0 heterocycles. The summed E-state index contributed by atoms with van der Waals surface area (Å²) in [6, 6.07) is 13.2. The Morgan fingerprint density at radius 1 is 1.04 bits per heavy atom. The predicted molar refractivity (Wildman–Crippen MR) is 108 cm³/mol. The van der Waals surface area contributed by atoms with Gasteiger partial charge >= 0.3 is 5.97 Å². The van der Waals surface area contributed by atoms with Gasteiger partial charge in [0.2, 0.25) is 0 Å². The Labute approximate surface area is 160 Å². The first-order valence-electron chi connectivity index (χ1n) is 9.93. The average Bonchev–Trinajstić information content (AvgIpc) is 2.68. The van der Waals surface area contributed by atoms with Crippen LogP contribution in [0.4, 0.5) is 0 Å². The highest BCUT2D eigenvalue weighted by Crippen LogP contribution is 2.37. The third-order valence-corrected chi connectivity index (χ3v) is 10.2. The summed E-state index contributed by atoms with van der Waals surface area (Å²) >= 11 is 0. The maximum atomic E-state index is 12.1. The number of esters is 1. The summed E-state index contributed by atoms with van der Waals surface area (Å²) in [7, 11) is -1.88. The Kier molecular flexibility index (Phi) is 9.54. The Bertz CT molecular complexity index is 522. The number of carbonyl (C=O) groups is 1. The van der Waals surface area contributed by atoms with Crippen molar-refractivity contribution < 1.29 is 19.1 Å². The molecule has 0 aliphatic carbocycles. The van der Waals surface area contributed by atoms with Gasteiger partial charge in [-0.05, 0) is 37.5 Å². The van der Waals surface area contributed by atoms with E-state index in [4.69, 9.17) is 9.16 Å². The summed E-state index contributed by atoms with van der Waals surface area (Å²) in [5.41, 5.74) is 1.06. The molecule has 0 amide bonds. The summed E-state index contributed by atoms with van der Waals surface area (Å²) < 4.78 is 11.9. The van der Waals surface area contributed by atoms with Gasteiger partial charge in [-0.2, -0.15) is 0 Å². The molecule has 0 unspecified atom stereocenters. The first kappa shape index (κ1) is 22.9. The van der Waals surface area contributed by atoms with Gasteiger partial charge in [0, 0.05) is 5.92 Å². The van der Waals surface area contributed by atoms with Crippen LogP contribution in [0.25, 0.3) is 0 Å². The Hall–Kier alpha value is -1.17. The molecule has 4 atom stereocenters. The van der Waals surface area contributed by atoms with E-state index in [0.29, 0.717) is 6.61 Å². The van der Waals surface area contributed by atoms with E-state index in [2.05, 4.69) is 20.8 Å². The Morgan fingerprint density at radius 3 is 2.04 bits per heavy atom. The van der Waals surface area contributed by atoms with Crippen molar-refractivity contribution in [1.82, 2.24) is 0 Å². The minimum absolute atomic E-state index is 0.215. The smallest absolute Gasteiger partial charge is 0.311 e. The molecule has 148 valence electrons. The van der Waals surface area contributed by atoms with E-state index in [1.807, 2.05) is 37.3 Å². The van der Waals surface area contributed by atoms with Crippen molar-refractivity contribution in [3.63, 3.8) is 0 Å². The van der Waals surface area contributed by atoms with E-state index in [1.165, 1.54) is 0 Å². The second-order valence-corrected chi connectivity index (χ2v) is 11.8. The van der Waals surface area contributed by atoms with Crippen LogP contribution < -0.4 is 0 Å². The fourth-order valence-electron chi connectivity index (χ4n) is 3.44. The van der Waals surface area contributed by atoms with Crippen LogP contribution in [0.3, 0.4) is 0 Å². The van der Waals surface area contributed by atoms with Crippen molar-refractivity contribution in [2.45, 2.75) is 71.9 Å². The lowest BCUT2D eigenvalue weighted by Crippen LogP contribution is -2.42. The molecule has 0 radical (unpaired) electrons. The van der Waals surface area contributed by atoms with Gasteiger partial charge in [-0.15, -0.1) is 0 Å². The van der Waals surface area contributed by atoms with Gasteiger partial charge in [0.05, 0.1) is 24.7 Å². The number of rotatable bonds is 11. The average molecular weight is 381 g/mol. The number of aliphatic hydroxyl groups excluding tert-OH is 1. The highest BCUT2D eigenvalue weighted by molar-refractivity contribution is 6.73. The van der Waals surface area contributed by atoms with Crippen molar-refractivity contribution in [2.75, 3.05) is 6.61 Å². The first-order chi connectivity index (χ1) is 12.4. The molecule has 1 N–H and O–H groups in total. The molecule has 0 fully saturated rings. The minimum atomic E-state index is -1.88. The van der Waals surface area contributed by atoms with Gasteiger partial charge in [-0.3, -0.25) is 4.79 Å². The van der Waals surface area contributed by atoms with Gasteiger partial charge in [0.15, 0.2) is 8.32 Å². The van der Waals surface area contributed by atoms with E-state index < -0.39 is 20.3 Å². The predicted octanol–water partition coefficient (Wildman–Crippen LogP) is 4.95. The third kappa shape index (κ3) is 5.66. The zero-order valence-electron chi connectivity index (χ0n) is 17.2. The lowest BCUT2D eigenvalue weighted by Gasteiger charge is -2.38. The number of ether oxygens (including phenoxy) is 1. The largest absolute Gasteiger partial charge is 0.466 e. The second-order valence-electron chi connectivity index (χ2n) is 7.08. The molecule has 0 aliphatic heterocycles. The molecule has 0 saturated carbocycles. The molecule has 0 bridgehead atoms. The van der Waals surface area contributed by atoms with E-state index in [-0.39, 0.29) is 18.0 Å². The summed E-state index contributed by atoms with van der Waals surface area (Å²) in [5, 5.41) is 10.9. The van der Waals surface area contributed by atoms with Gasteiger partial charge in [0.25, 0.3) is 0 Å². The van der Waals surface area contributed by atoms with Crippen LogP contribution in [0, 0.1) is 11.8 Å². The maximum Gasteiger partial charge on any atom is 0.311 e. The zero-order valence-corrected chi connectivity index (χ0v) is 18.2. The summed E-state index contributed by atoms with van der Waals surface area (Å²) in [4.78, 5) is 12.1. The summed E-state index contributed by atoms with van der Waals surface area (Å²) in [6.07, 6.45) is -1.05. The van der Waals surface area contributed by atoms with Gasteiger partial charge in [-0.1, -0.05) is 58.0 Å². The van der Waals surface area contributed by atoms with Crippen molar-refractivity contribution in [3.8, 4) is 0 Å². The third-order valence-electron chi connectivity index (χ3n) is 5.62. The van der Waals surface area contributed by atoms with Crippen LogP contribution in [-0.2, 0) is 14.0 Å². The number of hydrogen-bond acceptors (Lipinski definition) is 4. The van der Waals surface area contributed by atoms with Crippen LogP contribution in [0.1, 0.15) is 53.2 Å². The number of carbonyl (C=O) groups excluding carboxylic acids is 1. The van der Waals surface area contributed by atoms with Crippen LogP contribution in [0.5, 0.6) is 0 Å². The molecule has 1 aromatic carbocycles. The van der Waals surface area contributed by atoms with Crippen molar-refractivity contribution in [2.24, 2.45) is 11.8 Å². The van der Waals surface area contributed by atoms with E-state index in [1.54, 1.807) is 13.8 Å². The number of benzene rings is 1. The summed E-state index contributed by atoms with van der Waals surface area (Å²) in [5.74, 6) is -1.15. The standard InChI is InChI=1S/C21H36O4Si/c1-7-24-21(23)17(6)19(22)16(5)20(18-14-12-11-13-15-18)25-26(8-2,9-3)10-4/h11-17,19-20,22H,7-10H2,1-6H3/t16-,17-,19+,20+/m1/s1. The quantitative estimate of drug-likeness (QED) is 0.436. The lowest BCUT2D eigenvalue weighted by atomic mass is 9.86. The monoisotopic (exact) mass is 380 g/mol. The zero-order chi connectivity index (χ0) is 19.7. The van der Waals surface area contributed by atoms with E-state index >= 15 is 0 Å². The second kappa shape index (κ2) is 10.9. The fraction of sp³-hybridized carbons (Fsp3) is 0.667. The topological polar surface area (TPSA) is 55.8 Å². The first-order valence-corrected chi connectivity index (χ1v) is 12.5. The molecule has 1 aromatic rings. The summed E-state index contributed by atoms with van der Waals surface area (Å²) in [6.45, 7) is 12.4. The van der Waals surface area contributed by atoms with Crippen molar-refractivity contribution >= 4 is 14.3 Å². The molecular formula is C21H36O4Si. The molecule has 0 aliphatic rings. The maximum absolute atomic E-state index is 12.1. The van der Waals surface area contributed by atoms with Crippen molar-refractivity contribution in [1.29, 1.82) is 0 Å². The fourth-order valence-corrected chi connectivity index (χ4v) is 6.33. The highest BCUT2D eigenvalue weighted by atomic mass is 28.4. The van der Waals surface area contributed by atoms with E-state index in [0.717, 1.165) is 23.7 Å². The molecule has 0 aromatic heterocycles. The van der Waals surface area contributed by atoms with Gasteiger partial charge in [0.1, 0.15) is 0 Å². The van der Waals surface area contributed by atoms with Gasteiger partial charge < -0.3 is 14.3 Å². The number of aliphatic hydroxyl groups is 1. The Morgan fingerprint density at radius 2 is 1.58 bits per heavy atom. The minimum Gasteiger partial charge on any atom is -0.466 e. The van der Waals surface area contributed by atoms with Crippen molar-refractivity contribution in [3.05, 3.63) is 35.9 Å². The van der Waals surface area contributed by atoms with Crippen LogP contribution in [-0.4, -0.2) is 32.1 Å². The molecule has 0 saturated heterocycles. The molecule has 1 rings (SSSR count). The highest BCUT2D eigenvalue weighted by Gasteiger charge is 2.39. The molecule has 4 nitrogen and oxygen atoms in total. The van der Waals surface area contributed by atoms with Crippen LogP contribution >= 0.6 is 0 Å². The van der Waals surface area contributed by atoms with E-state index in [9.17, 15) is 9.90 Å². The van der Waals surface area contributed by atoms with Crippen LogP contribution in [0.15, 0.2) is 30.3 Å². The molecule has 0 spiro atoms. The SMILES string of the molecule is CCOC(=O)[C@H](C)[C@@H](O)[C@@H](C)[C@H](O[Si](CC)(CC)CC)c1ccccc1. The Balaban J connectivity index is 3.13. The normalized spacial score (nSPS) is 16.6.